The summed E-state index contributed by atoms with van der Waals surface area (Å²) in [4.78, 5) is 29.9. The van der Waals surface area contributed by atoms with Crippen LogP contribution in [0.2, 0.25) is 0 Å². The minimum atomic E-state index is -0.477. The second-order valence-corrected chi connectivity index (χ2v) is 6.81. The number of nitro benzene ring substituents is 1. The SMILES string of the molecule is Cc1c(C(=O)N(Cc2ccccn2)c2ccc(Br)cc2)cccc1[N+](=O)[O-]. The maximum Gasteiger partial charge on any atom is 0.273 e. The van der Waals surface area contributed by atoms with Crippen molar-refractivity contribution < 1.29 is 9.72 Å². The van der Waals surface area contributed by atoms with E-state index in [4.69, 9.17) is 0 Å². The molecule has 0 spiro atoms. The van der Waals surface area contributed by atoms with Gasteiger partial charge in [-0.3, -0.25) is 19.9 Å². The van der Waals surface area contributed by atoms with E-state index in [0.717, 1.165) is 10.2 Å². The second-order valence-electron chi connectivity index (χ2n) is 5.90. The van der Waals surface area contributed by atoms with Crippen molar-refractivity contribution in [3.63, 3.8) is 0 Å². The van der Waals surface area contributed by atoms with Crippen molar-refractivity contribution in [3.05, 3.63) is 98.3 Å². The summed E-state index contributed by atoms with van der Waals surface area (Å²) in [5.74, 6) is -0.316. The van der Waals surface area contributed by atoms with Gasteiger partial charge in [-0.05, 0) is 49.4 Å². The number of anilines is 1. The molecule has 0 N–H and O–H groups in total. The molecule has 0 saturated carbocycles. The van der Waals surface area contributed by atoms with Crippen LogP contribution in [0.4, 0.5) is 11.4 Å². The Morgan fingerprint density at radius 2 is 1.85 bits per heavy atom. The average molecular weight is 426 g/mol. The number of rotatable bonds is 5. The van der Waals surface area contributed by atoms with Gasteiger partial charge in [0, 0.05) is 33.6 Å². The molecule has 0 saturated heterocycles. The Kier molecular flexibility index (Phi) is 5.61. The monoisotopic (exact) mass is 425 g/mol. The number of halogens is 1. The molecule has 0 aliphatic carbocycles. The number of nitro groups is 1. The van der Waals surface area contributed by atoms with Crippen LogP contribution in [0.5, 0.6) is 0 Å². The van der Waals surface area contributed by atoms with Gasteiger partial charge in [0.05, 0.1) is 17.2 Å². The number of carbonyl (C=O) groups excluding carboxylic acids is 1. The van der Waals surface area contributed by atoms with Gasteiger partial charge in [0.15, 0.2) is 0 Å². The third kappa shape index (κ3) is 4.20. The summed E-state index contributed by atoms with van der Waals surface area (Å²) in [7, 11) is 0. The van der Waals surface area contributed by atoms with Gasteiger partial charge in [0.2, 0.25) is 0 Å². The quantitative estimate of drug-likeness (QED) is 0.429. The van der Waals surface area contributed by atoms with Crippen molar-refractivity contribution in [1.82, 2.24) is 4.98 Å². The van der Waals surface area contributed by atoms with Crippen LogP contribution in [0.1, 0.15) is 21.6 Å². The lowest BCUT2D eigenvalue weighted by molar-refractivity contribution is -0.385. The van der Waals surface area contributed by atoms with Crippen molar-refractivity contribution in [3.8, 4) is 0 Å². The van der Waals surface area contributed by atoms with Crippen molar-refractivity contribution in [2.75, 3.05) is 4.90 Å². The predicted molar refractivity (Wildman–Crippen MR) is 107 cm³/mol. The van der Waals surface area contributed by atoms with E-state index in [2.05, 4.69) is 20.9 Å². The van der Waals surface area contributed by atoms with Crippen molar-refractivity contribution in [2.24, 2.45) is 0 Å². The third-order valence-electron chi connectivity index (χ3n) is 4.16. The highest BCUT2D eigenvalue weighted by atomic mass is 79.9. The van der Waals surface area contributed by atoms with E-state index >= 15 is 0 Å². The molecule has 0 fully saturated rings. The molecule has 0 radical (unpaired) electrons. The van der Waals surface area contributed by atoms with Gasteiger partial charge in [-0.2, -0.15) is 0 Å². The van der Waals surface area contributed by atoms with Crippen LogP contribution < -0.4 is 4.90 Å². The smallest absolute Gasteiger partial charge is 0.273 e. The normalized spacial score (nSPS) is 10.4. The number of hydrogen-bond donors (Lipinski definition) is 0. The predicted octanol–water partition coefficient (Wildman–Crippen LogP) is 4.91. The first-order valence-corrected chi connectivity index (χ1v) is 8.98. The Balaban J connectivity index is 2.04. The maximum absolute atomic E-state index is 13.3. The molecule has 6 nitrogen and oxygen atoms in total. The fraction of sp³-hybridized carbons (Fsp3) is 0.100. The topological polar surface area (TPSA) is 76.3 Å². The van der Waals surface area contributed by atoms with Crippen molar-refractivity contribution in [2.45, 2.75) is 13.5 Å². The second kappa shape index (κ2) is 8.09. The van der Waals surface area contributed by atoms with Gasteiger partial charge < -0.3 is 4.90 Å². The zero-order valence-electron chi connectivity index (χ0n) is 14.5. The molecule has 0 aliphatic heterocycles. The van der Waals surface area contributed by atoms with E-state index in [0.29, 0.717) is 16.8 Å². The molecule has 3 aromatic rings. The molecule has 7 heteroatoms. The van der Waals surface area contributed by atoms with E-state index in [1.807, 2.05) is 36.4 Å². The van der Waals surface area contributed by atoms with Gasteiger partial charge in [-0.25, -0.2) is 0 Å². The highest BCUT2D eigenvalue weighted by Gasteiger charge is 2.24. The number of hydrogen-bond acceptors (Lipinski definition) is 4. The Morgan fingerprint density at radius 1 is 1.11 bits per heavy atom. The highest BCUT2D eigenvalue weighted by molar-refractivity contribution is 9.10. The Hall–Kier alpha value is -3.06. The van der Waals surface area contributed by atoms with Crippen LogP contribution in [0.25, 0.3) is 0 Å². The summed E-state index contributed by atoms with van der Waals surface area (Å²) in [5, 5.41) is 11.2. The summed E-state index contributed by atoms with van der Waals surface area (Å²) in [6.07, 6.45) is 1.66. The maximum atomic E-state index is 13.3. The molecule has 27 heavy (non-hydrogen) atoms. The Labute approximate surface area is 164 Å². The van der Waals surface area contributed by atoms with E-state index in [1.54, 1.807) is 30.2 Å². The van der Waals surface area contributed by atoms with Crippen LogP contribution in [-0.4, -0.2) is 15.8 Å². The average Bonchev–Trinajstić information content (AvgIpc) is 2.67. The minimum Gasteiger partial charge on any atom is -0.302 e. The van der Waals surface area contributed by atoms with Crippen molar-refractivity contribution >= 4 is 33.2 Å². The summed E-state index contributed by atoms with van der Waals surface area (Å²) in [6.45, 7) is 1.84. The first-order chi connectivity index (χ1) is 13.0. The Morgan fingerprint density at radius 3 is 2.48 bits per heavy atom. The van der Waals surface area contributed by atoms with Crippen molar-refractivity contribution in [1.29, 1.82) is 0 Å². The lowest BCUT2D eigenvalue weighted by Crippen LogP contribution is -2.31. The summed E-state index contributed by atoms with van der Waals surface area (Å²) >= 11 is 3.39. The Bertz CT molecular complexity index is 976. The first kappa shape index (κ1) is 18.7. The van der Waals surface area contributed by atoms with Gasteiger partial charge in [-0.15, -0.1) is 0 Å². The van der Waals surface area contributed by atoms with E-state index in [9.17, 15) is 14.9 Å². The number of aromatic nitrogens is 1. The number of nitrogens with zero attached hydrogens (tertiary/aromatic N) is 3. The molecular weight excluding hydrogens is 410 g/mol. The number of pyridine rings is 1. The molecule has 2 aromatic carbocycles. The fourth-order valence-electron chi connectivity index (χ4n) is 2.75. The van der Waals surface area contributed by atoms with Crippen LogP contribution in [-0.2, 0) is 6.54 Å². The lowest BCUT2D eigenvalue weighted by atomic mass is 10.0. The van der Waals surface area contributed by atoms with E-state index in [-0.39, 0.29) is 18.1 Å². The zero-order valence-corrected chi connectivity index (χ0v) is 16.1. The third-order valence-corrected chi connectivity index (χ3v) is 4.69. The van der Waals surface area contributed by atoms with Crippen LogP contribution >= 0.6 is 15.9 Å². The summed E-state index contributed by atoms with van der Waals surface area (Å²) in [5.41, 5.74) is 1.96. The number of amides is 1. The molecule has 0 aliphatic rings. The number of benzene rings is 2. The van der Waals surface area contributed by atoms with Gasteiger partial charge in [0.1, 0.15) is 0 Å². The highest BCUT2D eigenvalue weighted by Crippen LogP contribution is 2.26. The first-order valence-electron chi connectivity index (χ1n) is 8.18. The molecule has 136 valence electrons. The summed E-state index contributed by atoms with van der Waals surface area (Å²) in [6, 6.07) is 17.3. The standard InChI is InChI=1S/C20H16BrN3O3/c1-14-18(6-4-7-19(14)24(26)27)20(25)23(13-16-5-2-3-12-22-16)17-10-8-15(21)9-11-17/h2-12H,13H2,1H3. The molecule has 1 amide bonds. The largest absolute Gasteiger partial charge is 0.302 e. The summed E-state index contributed by atoms with van der Waals surface area (Å²) < 4.78 is 0.892. The molecule has 1 aromatic heterocycles. The van der Waals surface area contributed by atoms with Gasteiger partial charge >= 0.3 is 0 Å². The minimum absolute atomic E-state index is 0.0746. The van der Waals surface area contributed by atoms with Crippen LogP contribution in [0.15, 0.2) is 71.3 Å². The lowest BCUT2D eigenvalue weighted by Gasteiger charge is -2.23. The van der Waals surface area contributed by atoms with Gasteiger partial charge in [0.25, 0.3) is 11.6 Å². The zero-order chi connectivity index (χ0) is 19.4. The number of carbonyl (C=O) groups is 1. The van der Waals surface area contributed by atoms with Crippen LogP contribution in [0, 0.1) is 17.0 Å². The fourth-order valence-corrected chi connectivity index (χ4v) is 3.02. The molecule has 1 heterocycles. The molecule has 0 unspecified atom stereocenters. The van der Waals surface area contributed by atoms with E-state index < -0.39 is 4.92 Å². The molecule has 3 rings (SSSR count). The molecule has 0 atom stereocenters. The molecular formula is C20H16BrN3O3. The van der Waals surface area contributed by atoms with E-state index in [1.165, 1.54) is 12.1 Å². The molecule has 0 bridgehead atoms. The van der Waals surface area contributed by atoms with Gasteiger partial charge in [-0.1, -0.05) is 28.1 Å². The van der Waals surface area contributed by atoms with Crippen LogP contribution in [0.3, 0.4) is 0 Å².